The average Bonchev–Trinajstić information content (AvgIpc) is 3.24. The summed E-state index contributed by atoms with van der Waals surface area (Å²) in [5.41, 5.74) is 0.650. The molecule has 0 aromatic carbocycles. The summed E-state index contributed by atoms with van der Waals surface area (Å²) >= 11 is 0. The second-order valence-corrected chi connectivity index (χ2v) is 8.21. The Balaban J connectivity index is 1.54. The van der Waals surface area contributed by atoms with Gasteiger partial charge in [0, 0.05) is 38.2 Å². The molecule has 1 aromatic rings. The van der Waals surface area contributed by atoms with Crippen molar-refractivity contribution in [2.24, 2.45) is 11.3 Å². The largest absolute Gasteiger partial charge is 0.361 e. The number of alkyl halides is 2. The van der Waals surface area contributed by atoms with Gasteiger partial charge < -0.3 is 9.42 Å². The van der Waals surface area contributed by atoms with E-state index < -0.39 is 11.3 Å². The maximum atomic E-state index is 14.5. The van der Waals surface area contributed by atoms with Gasteiger partial charge in [0.05, 0.1) is 17.7 Å². The molecule has 3 heterocycles. The summed E-state index contributed by atoms with van der Waals surface area (Å²) in [5, 5.41) is 3.91. The lowest BCUT2D eigenvalue weighted by Gasteiger charge is -2.42. The van der Waals surface area contributed by atoms with Crippen molar-refractivity contribution in [3.05, 3.63) is 17.0 Å². The Labute approximate surface area is 146 Å². The van der Waals surface area contributed by atoms with Gasteiger partial charge >= 0.3 is 0 Å². The molecule has 0 N–H and O–H groups in total. The fraction of sp³-hybridized carbons (Fsp3) is 0.778. The lowest BCUT2D eigenvalue weighted by atomic mass is 9.76. The maximum Gasteiger partial charge on any atom is 0.261 e. The van der Waals surface area contributed by atoms with E-state index in [-0.39, 0.29) is 18.9 Å². The Hall–Kier alpha value is -1.50. The van der Waals surface area contributed by atoms with Gasteiger partial charge in [-0.25, -0.2) is 8.78 Å². The van der Waals surface area contributed by atoms with Gasteiger partial charge in [-0.1, -0.05) is 5.16 Å². The van der Waals surface area contributed by atoms with Crippen LogP contribution in [0.4, 0.5) is 8.78 Å². The molecular weight excluding hydrogens is 328 g/mol. The van der Waals surface area contributed by atoms with Gasteiger partial charge in [-0.3, -0.25) is 9.69 Å². The van der Waals surface area contributed by atoms with Gasteiger partial charge in [-0.15, -0.1) is 0 Å². The molecule has 1 spiro atoms. The normalized spacial score (nSPS) is 29.8. The zero-order valence-electron chi connectivity index (χ0n) is 14.9. The van der Waals surface area contributed by atoms with Gasteiger partial charge in [0.2, 0.25) is 5.91 Å². The second-order valence-electron chi connectivity index (χ2n) is 8.21. The predicted molar refractivity (Wildman–Crippen MR) is 87.2 cm³/mol. The molecule has 0 unspecified atom stereocenters. The maximum absolute atomic E-state index is 14.5. The van der Waals surface area contributed by atoms with Gasteiger partial charge in [-0.05, 0) is 39.0 Å². The fourth-order valence-electron chi connectivity index (χ4n) is 4.47. The van der Waals surface area contributed by atoms with E-state index in [1.54, 1.807) is 11.8 Å². The van der Waals surface area contributed by atoms with Crippen molar-refractivity contribution in [1.82, 2.24) is 15.0 Å². The molecule has 0 radical (unpaired) electrons. The van der Waals surface area contributed by atoms with E-state index in [9.17, 15) is 13.6 Å². The minimum atomic E-state index is -2.84. The highest BCUT2D eigenvalue weighted by atomic mass is 19.3. The standard InChI is InChI=1S/C18H25F2N3O2/c1-12-15(13(2)25-21-12)8-22-10-17(9-18(19,20)11-22)5-6-23(16(17)24)7-14-3-4-14/h14H,3-11H2,1-2H3/t17-/m0/s1. The molecule has 1 aliphatic carbocycles. The minimum absolute atomic E-state index is 0.0671. The van der Waals surface area contributed by atoms with Crippen LogP contribution in [0.3, 0.4) is 0 Å². The summed E-state index contributed by atoms with van der Waals surface area (Å²) in [4.78, 5) is 16.5. The van der Waals surface area contributed by atoms with E-state index in [1.807, 2.05) is 11.8 Å². The Kier molecular flexibility index (Phi) is 3.90. The second kappa shape index (κ2) is 5.76. The average molecular weight is 353 g/mol. The van der Waals surface area contributed by atoms with Crippen molar-refractivity contribution in [1.29, 1.82) is 0 Å². The number of halogens is 2. The van der Waals surface area contributed by atoms with Crippen molar-refractivity contribution >= 4 is 5.91 Å². The predicted octanol–water partition coefficient (Wildman–Crippen LogP) is 2.76. The van der Waals surface area contributed by atoms with Crippen LogP contribution in [-0.2, 0) is 11.3 Å². The molecule has 2 aliphatic heterocycles. The number of aryl methyl sites for hydroxylation is 2. The summed E-state index contributed by atoms with van der Waals surface area (Å²) in [6.07, 6.45) is 2.53. The first-order chi connectivity index (χ1) is 11.8. The van der Waals surface area contributed by atoms with E-state index >= 15 is 0 Å². The van der Waals surface area contributed by atoms with Crippen LogP contribution >= 0.6 is 0 Å². The highest BCUT2D eigenvalue weighted by molar-refractivity contribution is 5.85. The van der Waals surface area contributed by atoms with E-state index in [1.165, 1.54) is 0 Å². The summed E-state index contributed by atoms with van der Waals surface area (Å²) in [5.74, 6) is -1.67. The lowest BCUT2D eigenvalue weighted by molar-refractivity contribution is -0.155. The number of piperidine rings is 1. The third-order valence-corrected chi connectivity index (χ3v) is 5.92. The molecule has 5 nitrogen and oxygen atoms in total. The Morgan fingerprint density at radius 3 is 2.68 bits per heavy atom. The molecule has 138 valence electrons. The molecule has 4 rings (SSSR count). The SMILES string of the molecule is Cc1noc(C)c1CN1CC(F)(F)C[C@@]2(CCN(CC3CC3)C2=O)C1. The number of hydrogen-bond donors (Lipinski definition) is 0. The number of carbonyl (C=O) groups is 1. The molecule has 3 fully saturated rings. The number of rotatable bonds is 4. The first-order valence-electron chi connectivity index (χ1n) is 9.09. The highest BCUT2D eigenvalue weighted by Gasteiger charge is 2.57. The first-order valence-corrected chi connectivity index (χ1v) is 9.09. The van der Waals surface area contributed by atoms with Gasteiger partial charge in [-0.2, -0.15) is 0 Å². The first kappa shape index (κ1) is 16.9. The molecule has 3 aliphatic rings. The molecule has 1 aromatic heterocycles. The van der Waals surface area contributed by atoms with Crippen molar-refractivity contribution in [2.75, 3.05) is 26.2 Å². The minimum Gasteiger partial charge on any atom is -0.361 e. The van der Waals surface area contributed by atoms with Crippen LogP contribution in [0.15, 0.2) is 4.52 Å². The number of carbonyl (C=O) groups excluding carboxylic acids is 1. The van der Waals surface area contributed by atoms with Gasteiger partial charge in [0.25, 0.3) is 5.92 Å². The van der Waals surface area contributed by atoms with Crippen molar-refractivity contribution in [3.8, 4) is 0 Å². The molecular formula is C18H25F2N3O2. The van der Waals surface area contributed by atoms with E-state index in [4.69, 9.17) is 4.52 Å². The van der Waals surface area contributed by atoms with Crippen LogP contribution in [0.5, 0.6) is 0 Å². The molecule has 1 atom stereocenters. The van der Waals surface area contributed by atoms with Crippen LogP contribution in [0.25, 0.3) is 0 Å². The van der Waals surface area contributed by atoms with Crippen LogP contribution in [0.1, 0.15) is 42.7 Å². The summed E-state index contributed by atoms with van der Waals surface area (Å²) in [6, 6.07) is 0. The van der Waals surface area contributed by atoms with Gasteiger partial charge in [0.15, 0.2) is 0 Å². The zero-order valence-corrected chi connectivity index (χ0v) is 14.9. The smallest absolute Gasteiger partial charge is 0.261 e. The lowest BCUT2D eigenvalue weighted by Crippen LogP contribution is -2.55. The number of hydrogen-bond acceptors (Lipinski definition) is 4. The summed E-state index contributed by atoms with van der Waals surface area (Å²) < 4.78 is 34.2. The molecule has 25 heavy (non-hydrogen) atoms. The van der Waals surface area contributed by atoms with Crippen LogP contribution < -0.4 is 0 Å². The van der Waals surface area contributed by atoms with Gasteiger partial charge in [0.1, 0.15) is 5.76 Å². The number of nitrogens with zero attached hydrogens (tertiary/aromatic N) is 3. The van der Waals surface area contributed by atoms with Crippen LogP contribution in [0, 0.1) is 25.2 Å². The van der Waals surface area contributed by atoms with E-state index in [0.29, 0.717) is 37.7 Å². The number of likely N-dealkylation sites (tertiary alicyclic amines) is 2. The van der Waals surface area contributed by atoms with Crippen LogP contribution in [-0.4, -0.2) is 53.0 Å². The summed E-state index contributed by atoms with van der Waals surface area (Å²) in [7, 11) is 0. The van der Waals surface area contributed by atoms with Crippen molar-refractivity contribution in [2.45, 2.75) is 52.0 Å². The van der Waals surface area contributed by atoms with E-state index in [2.05, 4.69) is 5.16 Å². The molecule has 1 saturated carbocycles. The Morgan fingerprint density at radius 2 is 2.04 bits per heavy atom. The summed E-state index contributed by atoms with van der Waals surface area (Å²) in [6.45, 7) is 5.42. The van der Waals surface area contributed by atoms with Crippen LogP contribution in [0.2, 0.25) is 0 Å². The Morgan fingerprint density at radius 1 is 1.28 bits per heavy atom. The molecule has 2 saturated heterocycles. The van der Waals surface area contributed by atoms with Crippen molar-refractivity contribution in [3.63, 3.8) is 0 Å². The number of amides is 1. The third-order valence-electron chi connectivity index (χ3n) is 5.92. The molecule has 7 heteroatoms. The van der Waals surface area contributed by atoms with Crippen molar-refractivity contribution < 1.29 is 18.1 Å². The number of aromatic nitrogens is 1. The zero-order chi connectivity index (χ0) is 17.8. The quantitative estimate of drug-likeness (QED) is 0.835. The molecule has 1 amide bonds. The third kappa shape index (κ3) is 3.18. The van der Waals surface area contributed by atoms with E-state index in [0.717, 1.165) is 30.6 Å². The Bertz CT molecular complexity index is 666. The monoisotopic (exact) mass is 353 g/mol. The highest BCUT2D eigenvalue weighted by Crippen LogP contribution is 2.47. The topological polar surface area (TPSA) is 49.6 Å². The molecule has 0 bridgehead atoms. The fourth-order valence-corrected chi connectivity index (χ4v) is 4.47.